The van der Waals surface area contributed by atoms with Crippen molar-refractivity contribution < 1.29 is 19.1 Å². The zero-order valence-corrected chi connectivity index (χ0v) is 7.42. The molecule has 0 saturated heterocycles. The van der Waals surface area contributed by atoms with Crippen LogP contribution in [0.25, 0.3) is 0 Å². The van der Waals surface area contributed by atoms with Crippen LogP contribution in [0.15, 0.2) is 11.8 Å². The predicted molar refractivity (Wildman–Crippen MR) is 42.2 cm³/mol. The van der Waals surface area contributed by atoms with Gasteiger partial charge in [-0.25, -0.2) is 4.79 Å². The molecule has 0 amide bonds. The summed E-state index contributed by atoms with van der Waals surface area (Å²) in [5.41, 5.74) is 0. The van der Waals surface area contributed by atoms with Crippen LogP contribution in [0.1, 0.15) is 20.8 Å². The highest BCUT2D eigenvalue weighted by molar-refractivity contribution is 5.82. The molecule has 0 aliphatic heterocycles. The van der Waals surface area contributed by atoms with Gasteiger partial charge in [0.05, 0.1) is 12.7 Å². The molecule has 0 aromatic rings. The molecule has 0 aromatic heterocycles. The van der Waals surface area contributed by atoms with Gasteiger partial charge in [-0.15, -0.1) is 0 Å². The van der Waals surface area contributed by atoms with Crippen LogP contribution in [0.4, 0.5) is 0 Å². The Morgan fingerprint density at radius 3 is 2.33 bits per heavy atom. The van der Waals surface area contributed by atoms with Gasteiger partial charge in [0, 0.05) is 6.92 Å². The van der Waals surface area contributed by atoms with Gasteiger partial charge in [0.15, 0.2) is 0 Å². The summed E-state index contributed by atoms with van der Waals surface area (Å²) < 4.78 is 9.18. The van der Waals surface area contributed by atoms with Crippen LogP contribution in [0.3, 0.4) is 0 Å². The molecular formula is C8H12O4. The van der Waals surface area contributed by atoms with Gasteiger partial charge in [-0.05, 0) is 13.8 Å². The fourth-order valence-corrected chi connectivity index (χ4v) is 0.606. The molecule has 0 fully saturated rings. The Bertz CT molecular complexity index is 205. The Morgan fingerprint density at radius 2 is 1.92 bits per heavy atom. The lowest BCUT2D eigenvalue weighted by molar-refractivity contribution is -0.138. The minimum atomic E-state index is -0.503. The van der Waals surface area contributed by atoms with Crippen LogP contribution in [0.2, 0.25) is 0 Å². The molecule has 0 aliphatic rings. The summed E-state index contributed by atoms with van der Waals surface area (Å²) in [6.45, 7) is 4.79. The topological polar surface area (TPSA) is 52.6 Å². The van der Waals surface area contributed by atoms with E-state index in [1.807, 2.05) is 0 Å². The largest absolute Gasteiger partial charge is 0.463 e. The van der Waals surface area contributed by atoms with Crippen LogP contribution in [-0.4, -0.2) is 18.5 Å². The number of rotatable bonds is 3. The van der Waals surface area contributed by atoms with Gasteiger partial charge >= 0.3 is 11.9 Å². The van der Waals surface area contributed by atoms with E-state index in [1.54, 1.807) is 6.92 Å². The molecule has 0 rings (SSSR count). The van der Waals surface area contributed by atoms with Gasteiger partial charge in [0.1, 0.15) is 5.76 Å². The Morgan fingerprint density at radius 1 is 1.33 bits per heavy atom. The smallest absolute Gasteiger partial charge is 0.334 e. The maximum absolute atomic E-state index is 10.7. The van der Waals surface area contributed by atoms with E-state index in [4.69, 9.17) is 0 Å². The van der Waals surface area contributed by atoms with Crippen LogP contribution in [-0.2, 0) is 19.1 Å². The average molecular weight is 172 g/mol. The van der Waals surface area contributed by atoms with E-state index >= 15 is 0 Å². The predicted octanol–water partition coefficient (Wildman–Crippen LogP) is 1.02. The highest BCUT2D eigenvalue weighted by Gasteiger charge is 2.00. The number of carbonyl (C=O) groups excluding carboxylic acids is 2. The van der Waals surface area contributed by atoms with Crippen LogP contribution >= 0.6 is 0 Å². The van der Waals surface area contributed by atoms with E-state index in [0.717, 1.165) is 6.08 Å². The number of hydrogen-bond acceptors (Lipinski definition) is 4. The molecule has 4 nitrogen and oxygen atoms in total. The molecule has 68 valence electrons. The third-order valence-electron chi connectivity index (χ3n) is 0.912. The lowest BCUT2D eigenvalue weighted by Crippen LogP contribution is -2.03. The first-order valence-corrected chi connectivity index (χ1v) is 3.59. The molecule has 12 heavy (non-hydrogen) atoms. The van der Waals surface area contributed by atoms with E-state index in [9.17, 15) is 9.59 Å². The van der Waals surface area contributed by atoms with E-state index in [0.29, 0.717) is 6.61 Å². The maximum Gasteiger partial charge on any atom is 0.334 e. The van der Waals surface area contributed by atoms with Crippen LogP contribution in [0, 0.1) is 0 Å². The van der Waals surface area contributed by atoms with Crippen molar-refractivity contribution in [1.82, 2.24) is 0 Å². The summed E-state index contributed by atoms with van der Waals surface area (Å²) >= 11 is 0. The number of ether oxygens (including phenoxy) is 2. The van der Waals surface area contributed by atoms with Crippen LogP contribution in [0.5, 0.6) is 0 Å². The molecule has 0 atom stereocenters. The first-order valence-electron chi connectivity index (χ1n) is 3.59. The Balaban J connectivity index is 3.97. The quantitative estimate of drug-likeness (QED) is 0.362. The molecule has 0 unspecified atom stereocenters. The van der Waals surface area contributed by atoms with Gasteiger partial charge in [0.25, 0.3) is 0 Å². The molecule has 0 heterocycles. The van der Waals surface area contributed by atoms with Crippen molar-refractivity contribution in [3.05, 3.63) is 11.8 Å². The first kappa shape index (κ1) is 10.7. The molecule has 0 radical (unpaired) electrons. The van der Waals surface area contributed by atoms with Crippen molar-refractivity contribution in [2.24, 2.45) is 0 Å². The Kier molecular flexibility index (Phi) is 4.76. The second-order valence-electron chi connectivity index (χ2n) is 2.10. The first-order chi connectivity index (χ1) is 5.56. The summed E-state index contributed by atoms with van der Waals surface area (Å²) in [7, 11) is 0. The fourth-order valence-electron chi connectivity index (χ4n) is 0.606. The zero-order chi connectivity index (χ0) is 9.56. The van der Waals surface area contributed by atoms with E-state index in [2.05, 4.69) is 9.47 Å². The second-order valence-corrected chi connectivity index (χ2v) is 2.10. The van der Waals surface area contributed by atoms with E-state index in [-0.39, 0.29) is 5.76 Å². The third kappa shape index (κ3) is 5.46. The summed E-state index contributed by atoms with van der Waals surface area (Å²) in [6.07, 6.45) is 1.13. The number of allylic oxidation sites excluding steroid dienone is 1. The van der Waals surface area contributed by atoms with Gasteiger partial charge in [-0.1, -0.05) is 0 Å². The van der Waals surface area contributed by atoms with Crippen molar-refractivity contribution in [1.29, 1.82) is 0 Å². The summed E-state index contributed by atoms with van der Waals surface area (Å²) in [5.74, 6) is -0.717. The molecule has 0 aliphatic carbocycles. The molecule has 4 heteroatoms. The summed E-state index contributed by atoms with van der Waals surface area (Å²) in [6, 6.07) is 0. The van der Waals surface area contributed by atoms with Crippen molar-refractivity contribution in [3.63, 3.8) is 0 Å². The second kappa shape index (κ2) is 5.35. The normalized spacial score (nSPS) is 10.8. The monoisotopic (exact) mass is 172 g/mol. The Hall–Kier alpha value is -1.32. The highest BCUT2D eigenvalue weighted by Crippen LogP contribution is 1.96. The lowest BCUT2D eigenvalue weighted by atomic mass is 10.5. The number of carbonyl (C=O) groups is 2. The maximum atomic E-state index is 10.7. The van der Waals surface area contributed by atoms with E-state index < -0.39 is 11.9 Å². The molecule has 0 N–H and O–H groups in total. The van der Waals surface area contributed by atoms with Crippen molar-refractivity contribution >= 4 is 11.9 Å². The van der Waals surface area contributed by atoms with E-state index in [1.165, 1.54) is 13.8 Å². The summed E-state index contributed by atoms with van der Waals surface area (Å²) in [5, 5.41) is 0. The van der Waals surface area contributed by atoms with Crippen molar-refractivity contribution in [2.75, 3.05) is 6.61 Å². The SMILES string of the molecule is CCOC(=O)/C=C(/C)OC(C)=O. The van der Waals surface area contributed by atoms with Gasteiger partial charge in [-0.3, -0.25) is 4.79 Å². The van der Waals surface area contributed by atoms with Gasteiger partial charge in [0.2, 0.25) is 0 Å². The average Bonchev–Trinajstić information content (AvgIpc) is 1.84. The Labute approximate surface area is 71.2 Å². The minimum absolute atomic E-state index is 0.237. The fraction of sp³-hybridized carbons (Fsp3) is 0.500. The highest BCUT2D eigenvalue weighted by atomic mass is 16.5. The molecular weight excluding hydrogens is 160 g/mol. The third-order valence-corrected chi connectivity index (χ3v) is 0.912. The van der Waals surface area contributed by atoms with Crippen molar-refractivity contribution in [3.8, 4) is 0 Å². The molecule has 0 saturated carbocycles. The number of esters is 2. The minimum Gasteiger partial charge on any atom is -0.463 e. The van der Waals surface area contributed by atoms with Gasteiger partial charge in [-0.2, -0.15) is 0 Å². The zero-order valence-electron chi connectivity index (χ0n) is 7.42. The number of hydrogen-bond donors (Lipinski definition) is 0. The molecule has 0 spiro atoms. The summed E-state index contributed by atoms with van der Waals surface area (Å²) in [4.78, 5) is 21.1. The van der Waals surface area contributed by atoms with Crippen molar-refractivity contribution in [2.45, 2.75) is 20.8 Å². The standard InChI is InChI=1S/C8H12O4/c1-4-11-8(10)5-6(2)12-7(3)9/h5H,4H2,1-3H3/b6-5-. The van der Waals surface area contributed by atoms with Crippen LogP contribution < -0.4 is 0 Å². The lowest BCUT2D eigenvalue weighted by Gasteiger charge is -2.00. The molecule has 0 bridgehead atoms. The van der Waals surface area contributed by atoms with Gasteiger partial charge < -0.3 is 9.47 Å². The molecule has 0 aromatic carbocycles.